The van der Waals surface area contributed by atoms with Crippen molar-refractivity contribution in [2.24, 2.45) is 0 Å². The van der Waals surface area contributed by atoms with Crippen molar-refractivity contribution in [3.05, 3.63) is 0 Å². The first-order valence-electron chi connectivity index (χ1n) is 5.68. The van der Waals surface area contributed by atoms with Gasteiger partial charge < -0.3 is 0 Å². The van der Waals surface area contributed by atoms with Crippen LogP contribution in [0.15, 0.2) is 0 Å². The Bertz CT molecular complexity index is 696. The van der Waals surface area contributed by atoms with Crippen LogP contribution in [-0.4, -0.2) is 59.9 Å². The van der Waals surface area contributed by atoms with Crippen LogP contribution in [0.2, 0.25) is 0 Å². The summed E-state index contributed by atoms with van der Waals surface area (Å²) in [7, 11) is -8.92. The zero-order valence-electron chi connectivity index (χ0n) is 12.1. The van der Waals surface area contributed by atoms with Crippen LogP contribution < -0.4 is 0 Å². The highest BCUT2D eigenvalue weighted by Gasteiger charge is 3.01. The summed E-state index contributed by atoms with van der Waals surface area (Å²) in [5, 5.41) is -8.98. The van der Waals surface area contributed by atoms with E-state index in [0.29, 0.717) is 0 Å². The molecule has 1 unspecified atom stereocenters. The van der Waals surface area contributed by atoms with Crippen LogP contribution in [0.4, 0.5) is 74.6 Å². The number of rotatable bonds is 4. The van der Waals surface area contributed by atoms with Crippen LogP contribution in [0.25, 0.3) is 0 Å². The largest absolute Gasteiger partial charge is 0.437 e. The molecule has 176 valence electrons. The molecule has 0 spiro atoms. The van der Waals surface area contributed by atoms with Crippen LogP contribution in [-0.2, 0) is 10.1 Å². The highest BCUT2D eigenvalue weighted by atomic mass is 32.2. The molecule has 0 amide bonds. The standard InChI is InChI=1S/C8HF17O3S/c9-1(5(14,15)16,6(17,18)19)3(11,12)4(13,29(26,27)28)2(10,7(20,21)22)8(23,24)25/h(H,26,27,28). The summed E-state index contributed by atoms with van der Waals surface area (Å²) < 4.78 is 245. The molecular formula is C8HF17O3S. The minimum absolute atomic E-state index is 8.01. The van der Waals surface area contributed by atoms with E-state index in [4.69, 9.17) is 4.55 Å². The van der Waals surface area contributed by atoms with Crippen molar-refractivity contribution in [3.8, 4) is 0 Å². The van der Waals surface area contributed by atoms with Gasteiger partial charge in [-0.1, -0.05) is 0 Å². The van der Waals surface area contributed by atoms with Gasteiger partial charge in [0.25, 0.3) is 0 Å². The van der Waals surface area contributed by atoms with Gasteiger partial charge in [-0.05, 0) is 0 Å². The second kappa shape index (κ2) is 6.36. The molecule has 1 N–H and O–H groups in total. The lowest BCUT2D eigenvalue weighted by Gasteiger charge is -2.46. The monoisotopic (exact) mass is 500 g/mol. The summed E-state index contributed by atoms with van der Waals surface area (Å²) in [5.41, 5.74) is -17.8. The van der Waals surface area contributed by atoms with Crippen LogP contribution in [0.1, 0.15) is 0 Å². The Hall–Kier alpha value is -1.28. The average molecular weight is 500 g/mol. The van der Waals surface area contributed by atoms with Crippen molar-refractivity contribution in [3.63, 3.8) is 0 Å². The average Bonchev–Trinajstić information content (AvgIpc) is 2.37. The summed E-state index contributed by atoms with van der Waals surface area (Å²) in [5.74, 6) is -9.18. The molecule has 21 heteroatoms. The van der Waals surface area contributed by atoms with E-state index in [1.165, 1.54) is 0 Å². The van der Waals surface area contributed by atoms with Crippen molar-refractivity contribution in [1.29, 1.82) is 0 Å². The first-order valence-corrected chi connectivity index (χ1v) is 7.12. The predicted octanol–water partition coefficient (Wildman–Crippen LogP) is 4.84. The third-order valence-corrected chi connectivity index (χ3v) is 4.45. The summed E-state index contributed by atoms with van der Waals surface area (Å²) in [6, 6.07) is 0. The van der Waals surface area contributed by atoms with Crippen molar-refractivity contribution < 1.29 is 87.6 Å². The van der Waals surface area contributed by atoms with Gasteiger partial charge in [0.05, 0.1) is 0 Å². The lowest BCUT2D eigenvalue weighted by molar-refractivity contribution is -0.441. The molecule has 0 rings (SSSR count). The Morgan fingerprint density at radius 1 is 0.448 bits per heavy atom. The van der Waals surface area contributed by atoms with Gasteiger partial charge in [0, 0.05) is 0 Å². The molecule has 0 radical (unpaired) electrons. The molecule has 0 saturated heterocycles. The van der Waals surface area contributed by atoms with Crippen LogP contribution in [0.5, 0.6) is 0 Å². The van der Waals surface area contributed by atoms with Gasteiger partial charge in [-0.25, -0.2) is 13.2 Å². The molecule has 0 aromatic rings. The van der Waals surface area contributed by atoms with E-state index in [1.807, 2.05) is 0 Å². The fraction of sp³-hybridized carbons (Fsp3) is 1.00. The number of alkyl halides is 17. The number of hydrogen-bond acceptors (Lipinski definition) is 2. The Balaban J connectivity index is 7.94. The normalized spacial score (nSPS) is 18.6. The quantitative estimate of drug-likeness (QED) is 0.444. The fourth-order valence-electron chi connectivity index (χ4n) is 1.82. The summed E-state index contributed by atoms with van der Waals surface area (Å²) in [4.78, 5) is 0. The Morgan fingerprint density at radius 3 is 0.793 bits per heavy atom. The van der Waals surface area contributed by atoms with Crippen LogP contribution in [0, 0.1) is 0 Å². The summed E-state index contributed by atoms with van der Waals surface area (Å²) in [6.07, 6.45) is -33.7. The third-order valence-electron chi connectivity index (χ3n) is 3.20. The smallest absolute Gasteiger partial charge is 0.283 e. The maximum atomic E-state index is 14.0. The lowest BCUT2D eigenvalue weighted by atomic mass is 9.83. The number of halogens is 17. The molecule has 3 nitrogen and oxygen atoms in total. The Labute approximate surface area is 146 Å². The maximum absolute atomic E-state index is 14.0. The Morgan fingerprint density at radius 2 is 0.655 bits per heavy atom. The SMILES string of the molecule is O=S(=O)(O)C(F)(C(F)(F)C(F)(C(F)(F)F)C(F)(F)F)C(F)(C(F)(F)F)C(F)(F)F. The molecule has 0 aliphatic rings. The first kappa shape index (κ1) is 27.7. The van der Waals surface area contributed by atoms with Gasteiger partial charge in [0.1, 0.15) is 0 Å². The van der Waals surface area contributed by atoms with Gasteiger partial charge >= 0.3 is 57.1 Å². The van der Waals surface area contributed by atoms with Gasteiger partial charge in [-0.15, -0.1) is 0 Å². The van der Waals surface area contributed by atoms with Crippen molar-refractivity contribution >= 4 is 10.1 Å². The van der Waals surface area contributed by atoms with Gasteiger partial charge in [-0.3, -0.25) is 4.55 Å². The fourth-order valence-corrected chi connectivity index (χ4v) is 2.87. The summed E-state index contributed by atoms with van der Waals surface area (Å²) in [6.45, 7) is 0. The second-order valence-corrected chi connectivity index (χ2v) is 6.47. The van der Waals surface area contributed by atoms with E-state index in [0.717, 1.165) is 0 Å². The minimum atomic E-state index is -9.18. The van der Waals surface area contributed by atoms with Crippen molar-refractivity contribution in [1.82, 2.24) is 0 Å². The summed E-state index contributed by atoms with van der Waals surface area (Å²) >= 11 is 0. The van der Waals surface area contributed by atoms with Gasteiger partial charge in [0.15, 0.2) is 0 Å². The van der Waals surface area contributed by atoms with E-state index in [-0.39, 0.29) is 0 Å². The molecule has 0 saturated carbocycles. The van der Waals surface area contributed by atoms with E-state index >= 15 is 0 Å². The molecule has 0 aliphatic heterocycles. The molecule has 0 bridgehead atoms. The highest BCUT2D eigenvalue weighted by molar-refractivity contribution is 7.87. The maximum Gasteiger partial charge on any atom is 0.437 e. The molecule has 1 atom stereocenters. The van der Waals surface area contributed by atoms with Gasteiger partial charge in [-0.2, -0.15) is 69.9 Å². The highest BCUT2D eigenvalue weighted by Crippen LogP contribution is 2.67. The zero-order chi connectivity index (χ0) is 24.5. The molecule has 0 heterocycles. The van der Waals surface area contributed by atoms with E-state index in [2.05, 4.69) is 0 Å². The molecule has 29 heavy (non-hydrogen) atoms. The molecule has 0 aromatic heterocycles. The van der Waals surface area contributed by atoms with E-state index < -0.39 is 57.1 Å². The zero-order valence-corrected chi connectivity index (χ0v) is 12.9. The predicted molar refractivity (Wildman–Crippen MR) is 52.2 cm³/mol. The second-order valence-electron chi connectivity index (χ2n) is 4.95. The Kier molecular flexibility index (Phi) is 6.08. The molecule has 0 aromatic carbocycles. The molecule has 0 fully saturated rings. The van der Waals surface area contributed by atoms with E-state index in [1.54, 1.807) is 0 Å². The van der Waals surface area contributed by atoms with E-state index in [9.17, 15) is 83.1 Å². The lowest BCUT2D eigenvalue weighted by Crippen LogP contribution is -2.82. The minimum Gasteiger partial charge on any atom is -0.283 e. The molecular weight excluding hydrogens is 499 g/mol. The topological polar surface area (TPSA) is 54.4 Å². The van der Waals surface area contributed by atoms with Crippen LogP contribution in [0.3, 0.4) is 0 Å². The van der Waals surface area contributed by atoms with Crippen LogP contribution >= 0.6 is 0 Å². The van der Waals surface area contributed by atoms with Crippen molar-refractivity contribution in [2.75, 3.05) is 0 Å². The van der Waals surface area contributed by atoms with Crippen molar-refractivity contribution in [2.45, 2.75) is 47.0 Å². The third kappa shape index (κ3) is 3.26. The number of hydrogen-bond donors (Lipinski definition) is 1. The first-order chi connectivity index (χ1) is 12.0. The molecule has 0 aliphatic carbocycles. The van der Waals surface area contributed by atoms with Gasteiger partial charge in [0.2, 0.25) is 0 Å².